The van der Waals surface area contributed by atoms with E-state index >= 15 is 0 Å². The Balaban J connectivity index is 1.97. The Labute approximate surface area is 116 Å². The zero-order chi connectivity index (χ0) is 13.1. The van der Waals surface area contributed by atoms with Crippen LogP contribution in [0.2, 0.25) is 0 Å². The van der Waals surface area contributed by atoms with Gasteiger partial charge in [-0.3, -0.25) is 4.98 Å². The lowest BCUT2D eigenvalue weighted by molar-refractivity contribution is 0.682. The Hall–Kier alpha value is -1.99. The average molecular weight is 267 g/mol. The first-order valence-corrected chi connectivity index (χ1v) is 7.19. The monoisotopic (exact) mass is 267 g/mol. The van der Waals surface area contributed by atoms with Gasteiger partial charge in [0.15, 0.2) is 0 Å². The highest BCUT2D eigenvalue weighted by molar-refractivity contribution is 7.13. The summed E-state index contributed by atoms with van der Waals surface area (Å²) < 4.78 is 0. The van der Waals surface area contributed by atoms with Crippen LogP contribution in [0.4, 0.5) is 0 Å². The van der Waals surface area contributed by atoms with Crippen molar-refractivity contribution in [3.63, 3.8) is 0 Å². The summed E-state index contributed by atoms with van der Waals surface area (Å²) in [5, 5.41) is 10.2. The predicted molar refractivity (Wildman–Crippen MR) is 76.5 cm³/mol. The molecule has 2 heterocycles. The number of aryl methyl sites for hydroxylation is 2. The van der Waals surface area contributed by atoms with E-state index in [9.17, 15) is 5.26 Å². The van der Waals surface area contributed by atoms with Crippen molar-refractivity contribution in [3.05, 3.63) is 45.7 Å². The molecule has 0 aliphatic heterocycles. The third kappa shape index (κ3) is 2.56. The molecular weight excluding hydrogens is 254 g/mol. The average Bonchev–Trinajstić information content (AvgIpc) is 2.89. The fourth-order valence-corrected chi connectivity index (χ4v) is 3.35. The number of rotatable bonds is 2. The van der Waals surface area contributed by atoms with E-state index in [0.29, 0.717) is 5.57 Å². The molecule has 0 bridgehead atoms. The van der Waals surface area contributed by atoms with Crippen LogP contribution < -0.4 is 0 Å². The molecule has 0 fully saturated rings. The first kappa shape index (κ1) is 12.1. The highest BCUT2D eigenvalue weighted by atomic mass is 32.1. The third-order valence-corrected chi connectivity index (χ3v) is 4.40. The minimum Gasteiger partial charge on any atom is -0.265 e. The smallest absolute Gasteiger partial charge is 0.134 e. The number of thiazole rings is 1. The van der Waals surface area contributed by atoms with E-state index in [4.69, 9.17) is 0 Å². The minimum absolute atomic E-state index is 0.644. The Kier molecular flexibility index (Phi) is 3.39. The normalized spacial score (nSPS) is 14.8. The van der Waals surface area contributed by atoms with Crippen molar-refractivity contribution in [2.24, 2.45) is 0 Å². The van der Waals surface area contributed by atoms with E-state index in [2.05, 4.69) is 16.0 Å². The summed E-state index contributed by atoms with van der Waals surface area (Å²) in [5.41, 5.74) is 2.83. The van der Waals surface area contributed by atoms with Gasteiger partial charge in [0, 0.05) is 17.3 Å². The van der Waals surface area contributed by atoms with Crippen molar-refractivity contribution < 1.29 is 0 Å². The van der Waals surface area contributed by atoms with Crippen molar-refractivity contribution in [2.75, 3.05) is 0 Å². The van der Waals surface area contributed by atoms with E-state index in [1.165, 1.54) is 23.4 Å². The van der Waals surface area contributed by atoms with Crippen molar-refractivity contribution in [1.29, 1.82) is 5.26 Å². The van der Waals surface area contributed by atoms with Crippen LogP contribution in [0.5, 0.6) is 0 Å². The summed E-state index contributed by atoms with van der Waals surface area (Å²) in [7, 11) is 0. The molecule has 0 amide bonds. The fourth-order valence-electron chi connectivity index (χ4n) is 2.24. The molecule has 0 N–H and O–H groups in total. The highest BCUT2D eigenvalue weighted by Crippen LogP contribution is 2.30. The van der Waals surface area contributed by atoms with Crippen molar-refractivity contribution in [3.8, 4) is 6.07 Å². The van der Waals surface area contributed by atoms with Gasteiger partial charge >= 0.3 is 0 Å². The van der Waals surface area contributed by atoms with Crippen LogP contribution in [0.1, 0.15) is 34.0 Å². The molecule has 3 rings (SSSR count). The van der Waals surface area contributed by atoms with E-state index in [1.807, 2.05) is 18.2 Å². The molecule has 2 aromatic heterocycles. The number of nitrogens with zero attached hydrogens (tertiary/aromatic N) is 3. The maximum Gasteiger partial charge on any atom is 0.134 e. The zero-order valence-corrected chi connectivity index (χ0v) is 11.3. The van der Waals surface area contributed by atoms with Gasteiger partial charge < -0.3 is 0 Å². The lowest BCUT2D eigenvalue weighted by atomic mass is 10.0. The van der Waals surface area contributed by atoms with E-state index < -0.39 is 0 Å². The zero-order valence-electron chi connectivity index (χ0n) is 10.5. The summed E-state index contributed by atoms with van der Waals surface area (Å²) in [4.78, 5) is 9.97. The molecule has 0 unspecified atom stereocenters. The highest BCUT2D eigenvalue weighted by Gasteiger charge is 2.16. The predicted octanol–water partition coefficient (Wildman–Crippen LogP) is 3.48. The van der Waals surface area contributed by atoms with E-state index in [-0.39, 0.29) is 0 Å². The fraction of sp³-hybridized carbons (Fsp3) is 0.267. The topological polar surface area (TPSA) is 49.6 Å². The first-order chi connectivity index (χ1) is 9.36. The molecule has 1 aliphatic rings. The van der Waals surface area contributed by atoms with Crippen LogP contribution in [0.15, 0.2) is 24.5 Å². The van der Waals surface area contributed by atoms with Gasteiger partial charge in [0.05, 0.1) is 11.3 Å². The first-order valence-electron chi connectivity index (χ1n) is 6.37. The Morgan fingerprint density at radius 3 is 2.79 bits per heavy atom. The van der Waals surface area contributed by atoms with Crippen LogP contribution in [-0.2, 0) is 12.8 Å². The maximum atomic E-state index is 9.33. The standard InChI is InChI=1S/C15H13N3S/c16-10-12(9-11-5-7-17-8-6-11)15-18-13-3-1-2-4-14(13)19-15/h5-9H,1-4H2/b12-9-. The van der Waals surface area contributed by atoms with Gasteiger partial charge in [0.25, 0.3) is 0 Å². The summed E-state index contributed by atoms with van der Waals surface area (Å²) in [6.07, 6.45) is 9.96. The van der Waals surface area contributed by atoms with Gasteiger partial charge in [0.2, 0.25) is 0 Å². The summed E-state index contributed by atoms with van der Waals surface area (Å²) in [6, 6.07) is 6.05. The Morgan fingerprint density at radius 2 is 2.05 bits per heavy atom. The van der Waals surface area contributed by atoms with Crippen LogP contribution in [0.25, 0.3) is 11.6 Å². The van der Waals surface area contributed by atoms with Crippen molar-refractivity contribution >= 4 is 23.0 Å². The lowest BCUT2D eigenvalue weighted by Gasteiger charge is -2.06. The summed E-state index contributed by atoms with van der Waals surface area (Å²) in [5.74, 6) is 0. The number of fused-ring (bicyclic) bond motifs is 1. The molecule has 1 aliphatic carbocycles. The minimum atomic E-state index is 0.644. The number of allylic oxidation sites excluding steroid dienone is 1. The van der Waals surface area contributed by atoms with Gasteiger partial charge in [-0.1, -0.05) is 0 Å². The quantitative estimate of drug-likeness (QED) is 0.783. The molecule has 94 valence electrons. The van der Waals surface area contributed by atoms with Crippen molar-refractivity contribution in [2.45, 2.75) is 25.7 Å². The number of nitriles is 1. The van der Waals surface area contributed by atoms with Gasteiger partial charge in [-0.15, -0.1) is 11.3 Å². The van der Waals surface area contributed by atoms with Crippen LogP contribution in [0.3, 0.4) is 0 Å². The number of hydrogen-bond acceptors (Lipinski definition) is 4. The molecule has 3 nitrogen and oxygen atoms in total. The molecular formula is C15H13N3S. The van der Waals surface area contributed by atoms with Crippen LogP contribution >= 0.6 is 11.3 Å². The number of pyridine rings is 1. The van der Waals surface area contributed by atoms with E-state index in [1.54, 1.807) is 23.7 Å². The van der Waals surface area contributed by atoms with Crippen LogP contribution in [0, 0.1) is 11.3 Å². The molecule has 0 radical (unpaired) electrons. The second kappa shape index (κ2) is 5.33. The van der Waals surface area contributed by atoms with Gasteiger partial charge in [-0.05, 0) is 49.5 Å². The van der Waals surface area contributed by atoms with Gasteiger partial charge in [-0.2, -0.15) is 5.26 Å². The summed E-state index contributed by atoms with van der Waals surface area (Å²) in [6.45, 7) is 0. The number of aromatic nitrogens is 2. The van der Waals surface area contributed by atoms with Crippen LogP contribution in [-0.4, -0.2) is 9.97 Å². The summed E-state index contributed by atoms with van der Waals surface area (Å²) >= 11 is 1.67. The maximum absolute atomic E-state index is 9.33. The van der Waals surface area contributed by atoms with Gasteiger partial charge in [-0.25, -0.2) is 4.98 Å². The molecule has 0 aromatic carbocycles. The molecule has 0 atom stereocenters. The molecule has 0 saturated carbocycles. The lowest BCUT2D eigenvalue weighted by Crippen LogP contribution is -1.99. The Bertz CT molecular complexity index is 626. The van der Waals surface area contributed by atoms with Crippen molar-refractivity contribution in [1.82, 2.24) is 9.97 Å². The second-order valence-corrected chi connectivity index (χ2v) is 5.63. The second-order valence-electron chi connectivity index (χ2n) is 4.55. The molecule has 2 aromatic rings. The SMILES string of the molecule is N#C/C(=C/c1ccncc1)c1nc2c(s1)CCCC2. The molecule has 0 spiro atoms. The molecule has 19 heavy (non-hydrogen) atoms. The third-order valence-electron chi connectivity index (χ3n) is 3.21. The molecule has 0 saturated heterocycles. The van der Waals surface area contributed by atoms with E-state index in [0.717, 1.165) is 23.4 Å². The largest absolute Gasteiger partial charge is 0.265 e. The number of hydrogen-bond donors (Lipinski definition) is 0. The van der Waals surface area contributed by atoms with Gasteiger partial charge in [0.1, 0.15) is 11.1 Å². The Morgan fingerprint density at radius 1 is 1.26 bits per heavy atom. The molecule has 4 heteroatoms.